The van der Waals surface area contributed by atoms with E-state index in [4.69, 9.17) is 4.74 Å². The van der Waals surface area contributed by atoms with Gasteiger partial charge in [0.05, 0.1) is 12.9 Å². The number of aromatic nitrogens is 2. The Morgan fingerprint density at radius 1 is 1.14 bits per heavy atom. The fourth-order valence-corrected chi connectivity index (χ4v) is 4.70. The van der Waals surface area contributed by atoms with Crippen molar-refractivity contribution >= 4 is 37.4 Å². The Kier molecular flexibility index (Phi) is 4.72. The van der Waals surface area contributed by atoms with Crippen molar-refractivity contribution in [2.45, 2.75) is 11.7 Å². The number of amides is 1. The van der Waals surface area contributed by atoms with Crippen molar-refractivity contribution in [2.24, 2.45) is 0 Å². The predicted molar refractivity (Wildman–Crippen MR) is 108 cm³/mol. The van der Waals surface area contributed by atoms with E-state index in [1.54, 1.807) is 43.5 Å². The van der Waals surface area contributed by atoms with Crippen LogP contribution < -0.4 is 10.1 Å². The quantitative estimate of drug-likeness (QED) is 0.642. The van der Waals surface area contributed by atoms with Gasteiger partial charge in [0.1, 0.15) is 17.1 Å². The number of sulfone groups is 1. The molecule has 144 valence electrons. The van der Waals surface area contributed by atoms with E-state index in [2.05, 4.69) is 26.2 Å². The summed E-state index contributed by atoms with van der Waals surface area (Å²) < 4.78 is 32.2. The van der Waals surface area contributed by atoms with Gasteiger partial charge < -0.3 is 14.6 Å². The van der Waals surface area contributed by atoms with Gasteiger partial charge in [-0.2, -0.15) is 0 Å². The molecule has 0 radical (unpaired) electrons. The number of hydrogen-bond acceptors (Lipinski definition) is 5. The Balaban J connectivity index is 1.80. The summed E-state index contributed by atoms with van der Waals surface area (Å²) in [4.78, 5) is 17.4. The number of halogens is 1. The smallest absolute Gasteiger partial charge is 0.274 e. The van der Waals surface area contributed by atoms with Gasteiger partial charge in [0.15, 0.2) is 0 Å². The van der Waals surface area contributed by atoms with E-state index in [0.29, 0.717) is 22.7 Å². The third-order valence-corrected chi connectivity index (χ3v) is 6.59. The third-order valence-electron chi connectivity index (χ3n) is 4.47. The average Bonchev–Trinajstić information content (AvgIpc) is 3.21. The Morgan fingerprint density at radius 2 is 1.82 bits per heavy atom. The maximum absolute atomic E-state index is 13.0. The predicted octanol–water partition coefficient (Wildman–Crippen LogP) is 3.36. The first-order valence-corrected chi connectivity index (χ1v) is 10.9. The van der Waals surface area contributed by atoms with Gasteiger partial charge in [-0.25, -0.2) is 13.4 Å². The molecule has 3 aromatic rings. The fourth-order valence-electron chi connectivity index (χ4n) is 3.08. The summed E-state index contributed by atoms with van der Waals surface area (Å²) in [6.45, 7) is 0.198. The molecule has 7 nitrogen and oxygen atoms in total. The van der Waals surface area contributed by atoms with E-state index >= 15 is 0 Å². The molecule has 0 saturated heterocycles. The largest absolute Gasteiger partial charge is 0.497 e. The first-order chi connectivity index (χ1) is 13.4. The van der Waals surface area contributed by atoms with Crippen LogP contribution in [0.25, 0.3) is 11.3 Å². The summed E-state index contributed by atoms with van der Waals surface area (Å²) >= 11 is 3.35. The highest BCUT2D eigenvalue weighted by Gasteiger charge is 2.35. The molecule has 0 atom stereocenters. The van der Waals surface area contributed by atoms with Crippen LogP contribution in [0.1, 0.15) is 10.5 Å². The summed E-state index contributed by atoms with van der Waals surface area (Å²) in [7, 11) is -1.94. The van der Waals surface area contributed by atoms with Crippen molar-refractivity contribution in [1.82, 2.24) is 9.55 Å². The molecule has 28 heavy (non-hydrogen) atoms. The summed E-state index contributed by atoms with van der Waals surface area (Å²) in [6, 6.07) is 14.1. The molecule has 2 heterocycles. The minimum Gasteiger partial charge on any atom is -0.497 e. The molecule has 1 N–H and O–H groups in total. The van der Waals surface area contributed by atoms with Gasteiger partial charge in [-0.1, -0.05) is 15.9 Å². The average molecular weight is 462 g/mol. The minimum absolute atomic E-state index is 0.0587. The van der Waals surface area contributed by atoms with E-state index in [0.717, 1.165) is 4.47 Å². The number of nitrogens with one attached hydrogen (secondary N) is 1. The number of imidazole rings is 1. The van der Waals surface area contributed by atoms with Crippen LogP contribution in [0.5, 0.6) is 5.75 Å². The molecule has 0 saturated carbocycles. The third kappa shape index (κ3) is 3.31. The van der Waals surface area contributed by atoms with Crippen LogP contribution in [0.2, 0.25) is 0 Å². The number of anilines is 1. The lowest BCUT2D eigenvalue weighted by atomic mass is 10.1. The van der Waals surface area contributed by atoms with Crippen LogP contribution >= 0.6 is 15.9 Å². The van der Waals surface area contributed by atoms with Gasteiger partial charge in [0.25, 0.3) is 5.91 Å². The summed E-state index contributed by atoms with van der Waals surface area (Å²) in [6.07, 6.45) is 0. The molecule has 1 aromatic heterocycles. The number of carbonyl (C=O) groups excluding carboxylic acids is 1. The maximum atomic E-state index is 13.0. The van der Waals surface area contributed by atoms with E-state index in [9.17, 15) is 13.2 Å². The molecule has 1 amide bonds. The lowest BCUT2D eigenvalue weighted by Gasteiger charge is -2.09. The molecule has 1 aliphatic rings. The van der Waals surface area contributed by atoms with Crippen molar-refractivity contribution in [3.05, 3.63) is 58.7 Å². The Bertz CT molecular complexity index is 1150. The standard InChI is InChI=1S/C19H16BrN3O4S/c1-27-15-8-2-12(3-9-15)16-17(23-10-11-28(25,26)19(23)22-16)18(24)21-14-6-4-13(20)5-7-14/h2-9H,10-11H2,1H3,(H,21,24). The molecule has 9 heteroatoms. The lowest BCUT2D eigenvalue weighted by Crippen LogP contribution is -2.17. The van der Waals surface area contributed by atoms with Gasteiger partial charge in [-0.05, 0) is 48.5 Å². The fraction of sp³-hybridized carbons (Fsp3) is 0.158. The van der Waals surface area contributed by atoms with Crippen molar-refractivity contribution in [3.8, 4) is 17.0 Å². The SMILES string of the molecule is COc1ccc(-c2nc3n(c2C(=O)Nc2ccc(Br)cc2)CCS3(=O)=O)cc1. The van der Waals surface area contributed by atoms with Crippen LogP contribution in [0.3, 0.4) is 0 Å². The summed E-state index contributed by atoms with van der Waals surface area (Å²) in [5, 5.41) is 2.75. The molecule has 0 spiro atoms. The van der Waals surface area contributed by atoms with Gasteiger partial charge in [0.2, 0.25) is 15.0 Å². The summed E-state index contributed by atoms with van der Waals surface area (Å²) in [5.74, 6) is 0.185. The van der Waals surface area contributed by atoms with E-state index < -0.39 is 15.7 Å². The normalized spacial score (nSPS) is 14.5. The second kappa shape index (κ2) is 7.06. The monoisotopic (exact) mass is 461 g/mol. The topological polar surface area (TPSA) is 90.3 Å². The van der Waals surface area contributed by atoms with Crippen LogP contribution in [-0.4, -0.2) is 36.7 Å². The number of ether oxygens (including phenoxy) is 1. The van der Waals surface area contributed by atoms with Crippen LogP contribution in [-0.2, 0) is 16.4 Å². The zero-order chi connectivity index (χ0) is 19.9. The van der Waals surface area contributed by atoms with E-state index in [-0.39, 0.29) is 23.1 Å². The van der Waals surface area contributed by atoms with Gasteiger partial charge in [-0.15, -0.1) is 0 Å². The van der Waals surface area contributed by atoms with Crippen LogP contribution in [0.15, 0.2) is 58.2 Å². The number of nitrogens with zero attached hydrogens (tertiary/aromatic N) is 2. The van der Waals surface area contributed by atoms with Crippen molar-refractivity contribution < 1.29 is 17.9 Å². The Labute approximate surface area is 170 Å². The first-order valence-electron chi connectivity index (χ1n) is 8.44. The lowest BCUT2D eigenvalue weighted by molar-refractivity contribution is 0.101. The Morgan fingerprint density at radius 3 is 2.46 bits per heavy atom. The molecular weight excluding hydrogens is 446 g/mol. The van der Waals surface area contributed by atoms with Crippen LogP contribution in [0, 0.1) is 0 Å². The zero-order valence-corrected chi connectivity index (χ0v) is 17.2. The molecule has 4 rings (SSSR count). The van der Waals surface area contributed by atoms with Gasteiger partial charge in [-0.3, -0.25) is 4.79 Å². The second-order valence-electron chi connectivity index (χ2n) is 6.25. The molecule has 1 aliphatic heterocycles. The van der Waals surface area contributed by atoms with E-state index in [1.165, 1.54) is 4.57 Å². The minimum atomic E-state index is -3.50. The number of methoxy groups -OCH3 is 1. The van der Waals surface area contributed by atoms with Crippen LogP contribution in [0.4, 0.5) is 5.69 Å². The highest BCUT2D eigenvalue weighted by molar-refractivity contribution is 9.10. The molecule has 0 unspecified atom stereocenters. The number of benzene rings is 2. The molecule has 0 fully saturated rings. The van der Waals surface area contributed by atoms with Gasteiger partial charge in [0, 0.05) is 22.3 Å². The molecule has 0 bridgehead atoms. The van der Waals surface area contributed by atoms with Gasteiger partial charge >= 0.3 is 0 Å². The number of carbonyl (C=O) groups is 1. The first kappa shape index (κ1) is 18.7. The molecular formula is C19H16BrN3O4S. The number of fused-ring (bicyclic) bond motifs is 1. The van der Waals surface area contributed by atoms with E-state index in [1.807, 2.05) is 12.1 Å². The number of rotatable bonds is 4. The Hall–Kier alpha value is -2.65. The second-order valence-corrected chi connectivity index (χ2v) is 9.17. The highest BCUT2D eigenvalue weighted by atomic mass is 79.9. The van der Waals surface area contributed by atoms with Crippen molar-refractivity contribution in [2.75, 3.05) is 18.2 Å². The number of hydrogen-bond donors (Lipinski definition) is 1. The van der Waals surface area contributed by atoms with Crippen molar-refractivity contribution in [1.29, 1.82) is 0 Å². The zero-order valence-electron chi connectivity index (χ0n) is 14.8. The molecule has 2 aromatic carbocycles. The molecule has 0 aliphatic carbocycles. The summed E-state index contributed by atoms with van der Waals surface area (Å²) in [5.41, 5.74) is 1.80. The van der Waals surface area contributed by atoms with Crippen molar-refractivity contribution in [3.63, 3.8) is 0 Å². The highest BCUT2D eigenvalue weighted by Crippen LogP contribution is 2.31. The maximum Gasteiger partial charge on any atom is 0.274 e.